The minimum absolute atomic E-state index is 0.0798. The van der Waals surface area contributed by atoms with Gasteiger partial charge in [-0.15, -0.1) is 0 Å². The Bertz CT molecular complexity index is 1020. The van der Waals surface area contributed by atoms with Gasteiger partial charge in [-0.1, -0.05) is 35.9 Å². The Morgan fingerprint density at radius 1 is 1.17 bits per heavy atom. The molecule has 2 aromatic rings. The first kappa shape index (κ1) is 20.6. The summed E-state index contributed by atoms with van der Waals surface area (Å²) >= 11 is 6.73. The highest BCUT2D eigenvalue weighted by molar-refractivity contribution is 8.18. The van der Waals surface area contributed by atoms with Gasteiger partial charge in [-0.25, -0.2) is 4.39 Å². The summed E-state index contributed by atoms with van der Waals surface area (Å²) in [5.74, 6) is -0.777. The normalized spacial score (nSPS) is 21.9. The van der Waals surface area contributed by atoms with Gasteiger partial charge in [-0.2, -0.15) is 0 Å². The molecular formula is C22H18ClFN2O3S. The van der Waals surface area contributed by atoms with E-state index in [9.17, 15) is 18.8 Å². The van der Waals surface area contributed by atoms with E-state index in [0.29, 0.717) is 10.6 Å². The maximum absolute atomic E-state index is 13.0. The van der Waals surface area contributed by atoms with Crippen molar-refractivity contribution in [3.05, 3.63) is 75.4 Å². The summed E-state index contributed by atoms with van der Waals surface area (Å²) in [5.41, 5.74) is 1.72. The number of halogens is 2. The van der Waals surface area contributed by atoms with E-state index in [-0.39, 0.29) is 46.8 Å². The van der Waals surface area contributed by atoms with Crippen molar-refractivity contribution in [3.63, 3.8) is 0 Å². The van der Waals surface area contributed by atoms with Gasteiger partial charge in [0.15, 0.2) is 0 Å². The number of benzene rings is 2. The molecule has 1 N–H and O–H groups in total. The van der Waals surface area contributed by atoms with Crippen LogP contribution in [0, 0.1) is 11.7 Å². The SMILES string of the molecule is O=C(NCCN1C(=O)S/C(=C\c2ccc(F)cc2)C1=O)C1CC1c1ccc(Cl)cc1. The number of nitrogens with one attached hydrogen (secondary N) is 1. The lowest BCUT2D eigenvalue weighted by Crippen LogP contribution is -2.37. The van der Waals surface area contributed by atoms with Gasteiger partial charge in [-0.3, -0.25) is 19.3 Å². The molecule has 5 nitrogen and oxygen atoms in total. The van der Waals surface area contributed by atoms with Crippen molar-refractivity contribution in [2.75, 3.05) is 13.1 Å². The molecule has 1 heterocycles. The molecule has 2 aliphatic rings. The first-order valence-electron chi connectivity index (χ1n) is 9.46. The third kappa shape index (κ3) is 4.57. The van der Waals surface area contributed by atoms with Gasteiger partial charge in [0.05, 0.1) is 4.91 Å². The number of rotatable bonds is 6. The minimum atomic E-state index is -0.408. The summed E-state index contributed by atoms with van der Waals surface area (Å²) < 4.78 is 13.0. The molecule has 0 bridgehead atoms. The number of nitrogens with zero attached hydrogens (tertiary/aromatic N) is 1. The first-order chi connectivity index (χ1) is 14.4. The van der Waals surface area contributed by atoms with Crippen LogP contribution < -0.4 is 5.32 Å². The van der Waals surface area contributed by atoms with Gasteiger partial charge in [0.25, 0.3) is 11.1 Å². The number of amides is 3. The second kappa shape index (κ2) is 8.62. The molecule has 0 radical (unpaired) electrons. The van der Waals surface area contributed by atoms with E-state index >= 15 is 0 Å². The van der Waals surface area contributed by atoms with Crippen LogP contribution in [0.1, 0.15) is 23.5 Å². The quantitative estimate of drug-likeness (QED) is 0.669. The molecule has 2 fully saturated rings. The van der Waals surface area contributed by atoms with Crippen molar-refractivity contribution < 1.29 is 18.8 Å². The van der Waals surface area contributed by atoms with Crippen molar-refractivity contribution >= 4 is 46.5 Å². The molecule has 2 unspecified atom stereocenters. The highest BCUT2D eigenvalue weighted by atomic mass is 35.5. The van der Waals surface area contributed by atoms with Crippen molar-refractivity contribution in [3.8, 4) is 0 Å². The molecule has 1 aliphatic carbocycles. The van der Waals surface area contributed by atoms with E-state index in [1.165, 1.54) is 24.3 Å². The Labute approximate surface area is 182 Å². The van der Waals surface area contributed by atoms with Crippen LogP contribution in [-0.4, -0.2) is 35.0 Å². The number of carbonyl (C=O) groups is 3. The number of imide groups is 1. The van der Waals surface area contributed by atoms with Crippen LogP contribution in [-0.2, 0) is 9.59 Å². The zero-order valence-corrected chi connectivity index (χ0v) is 17.4. The maximum Gasteiger partial charge on any atom is 0.293 e. The molecule has 1 aliphatic heterocycles. The van der Waals surface area contributed by atoms with Crippen molar-refractivity contribution in [1.29, 1.82) is 0 Å². The van der Waals surface area contributed by atoms with E-state index in [1.54, 1.807) is 6.08 Å². The molecule has 2 aromatic carbocycles. The van der Waals surface area contributed by atoms with Crippen LogP contribution in [0.25, 0.3) is 6.08 Å². The summed E-state index contributed by atoms with van der Waals surface area (Å²) in [6, 6.07) is 13.1. The zero-order chi connectivity index (χ0) is 21.3. The average Bonchev–Trinajstić information content (AvgIpc) is 3.48. The zero-order valence-electron chi connectivity index (χ0n) is 15.8. The largest absolute Gasteiger partial charge is 0.354 e. The Morgan fingerprint density at radius 2 is 1.87 bits per heavy atom. The lowest BCUT2D eigenvalue weighted by molar-refractivity contribution is -0.124. The summed E-state index contributed by atoms with van der Waals surface area (Å²) in [4.78, 5) is 38.4. The van der Waals surface area contributed by atoms with Crippen molar-refractivity contribution in [2.24, 2.45) is 5.92 Å². The van der Waals surface area contributed by atoms with Gasteiger partial charge in [0.2, 0.25) is 5.91 Å². The molecule has 1 saturated carbocycles. The van der Waals surface area contributed by atoms with E-state index in [2.05, 4.69) is 5.32 Å². The summed E-state index contributed by atoms with van der Waals surface area (Å²) in [6.45, 7) is 0.306. The smallest absolute Gasteiger partial charge is 0.293 e. The lowest BCUT2D eigenvalue weighted by Gasteiger charge is -2.13. The van der Waals surface area contributed by atoms with Gasteiger partial charge >= 0.3 is 0 Å². The third-order valence-corrected chi connectivity index (χ3v) is 6.26. The maximum atomic E-state index is 13.0. The Kier molecular flexibility index (Phi) is 5.92. The van der Waals surface area contributed by atoms with E-state index in [4.69, 9.17) is 11.6 Å². The molecule has 2 atom stereocenters. The van der Waals surface area contributed by atoms with Gasteiger partial charge in [0.1, 0.15) is 5.82 Å². The number of thioether (sulfide) groups is 1. The minimum Gasteiger partial charge on any atom is -0.354 e. The Morgan fingerprint density at radius 3 is 2.57 bits per heavy atom. The monoisotopic (exact) mass is 444 g/mol. The fraction of sp³-hybridized carbons (Fsp3) is 0.227. The summed E-state index contributed by atoms with van der Waals surface area (Å²) in [5, 5.41) is 3.09. The molecule has 3 amide bonds. The van der Waals surface area contributed by atoms with E-state index in [0.717, 1.165) is 28.6 Å². The van der Waals surface area contributed by atoms with E-state index < -0.39 is 5.91 Å². The third-order valence-electron chi connectivity index (χ3n) is 5.10. The van der Waals surface area contributed by atoms with Crippen LogP contribution in [0.2, 0.25) is 5.02 Å². The molecule has 8 heteroatoms. The Hall–Kier alpha value is -2.64. The summed E-state index contributed by atoms with van der Waals surface area (Å²) in [6.07, 6.45) is 2.33. The number of hydrogen-bond acceptors (Lipinski definition) is 4. The number of hydrogen-bond donors (Lipinski definition) is 1. The van der Waals surface area contributed by atoms with Gasteiger partial charge in [-0.05, 0) is 65.6 Å². The molecule has 1 saturated heterocycles. The van der Waals surface area contributed by atoms with Crippen LogP contribution in [0.3, 0.4) is 0 Å². The van der Waals surface area contributed by atoms with Crippen LogP contribution >= 0.6 is 23.4 Å². The van der Waals surface area contributed by atoms with E-state index in [1.807, 2.05) is 24.3 Å². The topological polar surface area (TPSA) is 66.5 Å². The van der Waals surface area contributed by atoms with Crippen LogP contribution in [0.4, 0.5) is 9.18 Å². The molecule has 154 valence electrons. The predicted molar refractivity (Wildman–Crippen MR) is 114 cm³/mol. The summed E-state index contributed by atoms with van der Waals surface area (Å²) in [7, 11) is 0. The highest BCUT2D eigenvalue weighted by Gasteiger charge is 2.44. The molecule has 0 aromatic heterocycles. The lowest BCUT2D eigenvalue weighted by atomic mass is 10.1. The molecule has 0 spiro atoms. The second-order valence-electron chi connectivity index (χ2n) is 7.18. The molecule has 30 heavy (non-hydrogen) atoms. The highest BCUT2D eigenvalue weighted by Crippen LogP contribution is 2.47. The van der Waals surface area contributed by atoms with Crippen molar-refractivity contribution in [1.82, 2.24) is 10.2 Å². The fourth-order valence-electron chi connectivity index (χ4n) is 3.39. The van der Waals surface area contributed by atoms with Crippen LogP contribution in [0.15, 0.2) is 53.4 Å². The fourth-order valence-corrected chi connectivity index (χ4v) is 4.38. The molecular weight excluding hydrogens is 427 g/mol. The van der Waals surface area contributed by atoms with Crippen molar-refractivity contribution in [2.45, 2.75) is 12.3 Å². The van der Waals surface area contributed by atoms with Gasteiger partial charge < -0.3 is 5.32 Å². The van der Waals surface area contributed by atoms with Gasteiger partial charge in [0, 0.05) is 24.0 Å². The average molecular weight is 445 g/mol. The predicted octanol–water partition coefficient (Wildman–Crippen LogP) is 4.44. The molecule has 4 rings (SSSR count). The number of carbonyl (C=O) groups excluding carboxylic acids is 3. The van der Waals surface area contributed by atoms with Crippen LogP contribution in [0.5, 0.6) is 0 Å². The Balaban J connectivity index is 1.28. The standard InChI is InChI=1S/C22H18ClFN2O3S/c23-15-5-3-14(4-6-15)17-12-18(17)20(27)25-9-10-26-21(28)19(30-22(26)29)11-13-1-7-16(24)8-2-13/h1-8,11,17-18H,9-10,12H2,(H,25,27)/b19-11-. The second-order valence-corrected chi connectivity index (χ2v) is 8.61. The first-order valence-corrected chi connectivity index (χ1v) is 10.7.